The quantitative estimate of drug-likeness (QED) is 0.780. The van der Waals surface area contributed by atoms with Crippen molar-refractivity contribution in [1.82, 2.24) is 15.2 Å². The number of methoxy groups -OCH3 is 1. The summed E-state index contributed by atoms with van der Waals surface area (Å²) in [4.78, 5) is 6.76. The van der Waals surface area contributed by atoms with Crippen LogP contribution in [0.15, 0.2) is 18.3 Å². The van der Waals surface area contributed by atoms with Gasteiger partial charge in [0, 0.05) is 38.5 Å². The molecule has 4 nitrogen and oxygen atoms in total. The Balaban J connectivity index is 2.47. The molecular weight excluding hydrogens is 238 g/mol. The number of nitrogens with zero attached hydrogens (tertiary/aromatic N) is 2. The third-order valence-corrected chi connectivity index (χ3v) is 3.17. The number of pyridine rings is 1. The second kappa shape index (κ2) is 8.25. The average molecular weight is 265 g/mol. The van der Waals surface area contributed by atoms with Crippen LogP contribution in [0.5, 0.6) is 0 Å². The summed E-state index contributed by atoms with van der Waals surface area (Å²) in [7, 11) is 3.83. The molecule has 1 N–H and O–H groups in total. The molecule has 0 aliphatic heterocycles. The predicted octanol–water partition coefficient (Wildman–Crippen LogP) is 2.05. The first-order chi connectivity index (χ1) is 9.02. The van der Waals surface area contributed by atoms with Crippen molar-refractivity contribution in [3.05, 3.63) is 29.6 Å². The first-order valence-electron chi connectivity index (χ1n) is 6.89. The Morgan fingerprint density at radius 1 is 1.32 bits per heavy atom. The molecule has 1 atom stereocenters. The summed E-state index contributed by atoms with van der Waals surface area (Å²) in [6, 6.07) is 5.15. The van der Waals surface area contributed by atoms with Gasteiger partial charge in [-0.3, -0.25) is 9.88 Å². The first kappa shape index (κ1) is 16.1. The van der Waals surface area contributed by atoms with Crippen LogP contribution in [0.3, 0.4) is 0 Å². The molecule has 0 radical (unpaired) electrons. The fourth-order valence-corrected chi connectivity index (χ4v) is 1.76. The normalized spacial score (nSPS) is 13.2. The molecule has 0 saturated carbocycles. The van der Waals surface area contributed by atoms with E-state index in [0.29, 0.717) is 12.1 Å². The van der Waals surface area contributed by atoms with Crippen molar-refractivity contribution in [2.75, 3.05) is 20.8 Å². The van der Waals surface area contributed by atoms with Gasteiger partial charge in [0.15, 0.2) is 0 Å². The Hall–Kier alpha value is -0.970. The number of ether oxygens (including phenoxy) is 1. The maximum atomic E-state index is 5.17. The van der Waals surface area contributed by atoms with Crippen LogP contribution in [0.1, 0.15) is 32.0 Å². The highest BCUT2D eigenvalue weighted by molar-refractivity contribution is 5.14. The summed E-state index contributed by atoms with van der Waals surface area (Å²) < 4.78 is 5.17. The molecule has 0 saturated heterocycles. The maximum absolute atomic E-state index is 5.17. The highest BCUT2D eigenvalue weighted by Crippen LogP contribution is 2.06. The number of nitrogens with one attached hydrogen (secondary N) is 1. The van der Waals surface area contributed by atoms with Gasteiger partial charge in [-0.1, -0.05) is 19.9 Å². The maximum Gasteiger partial charge on any atom is 0.0615 e. The Morgan fingerprint density at radius 3 is 2.58 bits per heavy atom. The Bertz CT molecular complexity index is 351. The minimum atomic E-state index is 0.397. The summed E-state index contributed by atoms with van der Waals surface area (Å²) in [6.45, 7) is 8.92. The Labute approximate surface area is 117 Å². The van der Waals surface area contributed by atoms with E-state index in [1.807, 2.05) is 6.20 Å². The lowest BCUT2D eigenvalue weighted by atomic mass is 10.2. The van der Waals surface area contributed by atoms with E-state index < -0.39 is 0 Å². The molecule has 19 heavy (non-hydrogen) atoms. The highest BCUT2D eigenvalue weighted by Gasteiger charge is 2.09. The van der Waals surface area contributed by atoms with E-state index >= 15 is 0 Å². The standard InChI is InChI=1S/C15H27N3O/c1-12(2)16-8-14-6-7-15(17-9-14)10-18(4)13(3)11-19-5/h6-7,9,12-13,16H,8,10-11H2,1-5H3. The summed E-state index contributed by atoms with van der Waals surface area (Å²) in [5.74, 6) is 0. The smallest absolute Gasteiger partial charge is 0.0615 e. The zero-order chi connectivity index (χ0) is 14.3. The number of aromatic nitrogens is 1. The topological polar surface area (TPSA) is 37.4 Å². The fraction of sp³-hybridized carbons (Fsp3) is 0.667. The largest absolute Gasteiger partial charge is 0.383 e. The lowest BCUT2D eigenvalue weighted by molar-refractivity contribution is 0.111. The Kier molecular flexibility index (Phi) is 6.99. The molecule has 4 heteroatoms. The van der Waals surface area contributed by atoms with E-state index in [1.165, 1.54) is 5.56 Å². The zero-order valence-corrected chi connectivity index (χ0v) is 12.8. The summed E-state index contributed by atoms with van der Waals surface area (Å²) in [5, 5.41) is 3.39. The minimum Gasteiger partial charge on any atom is -0.383 e. The van der Waals surface area contributed by atoms with Crippen LogP contribution < -0.4 is 5.32 Å². The minimum absolute atomic E-state index is 0.397. The second-order valence-corrected chi connectivity index (χ2v) is 5.41. The molecule has 1 heterocycles. The van der Waals surface area contributed by atoms with Gasteiger partial charge in [0.25, 0.3) is 0 Å². The van der Waals surface area contributed by atoms with Gasteiger partial charge in [-0.05, 0) is 25.6 Å². The van der Waals surface area contributed by atoms with Gasteiger partial charge >= 0.3 is 0 Å². The third kappa shape index (κ3) is 6.14. The monoisotopic (exact) mass is 265 g/mol. The van der Waals surface area contributed by atoms with Crippen molar-refractivity contribution < 1.29 is 4.74 Å². The molecule has 1 unspecified atom stereocenters. The lowest BCUT2D eigenvalue weighted by Gasteiger charge is -2.23. The van der Waals surface area contributed by atoms with Gasteiger partial charge in [-0.15, -0.1) is 0 Å². The average Bonchev–Trinajstić information content (AvgIpc) is 2.38. The van der Waals surface area contributed by atoms with Crippen LogP contribution in [0.25, 0.3) is 0 Å². The molecule has 108 valence electrons. The van der Waals surface area contributed by atoms with Crippen LogP contribution in [0, 0.1) is 0 Å². The van der Waals surface area contributed by atoms with E-state index in [4.69, 9.17) is 4.74 Å². The van der Waals surface area contributed by atoms with E-state index in [9.17, 15) is 0 Å². The summed E-state index contributed by atoms with van der Waals surface area (Å²) >= 11 is 0. The molecule has 1 aromatic rings. The first-order valence-corrected chi connectivity index (χ1v) is 6.89. The van der Waals surface area contributed by atoms with E-state index in [1.54, 1.807) is 7.11 Å². The highest BCUT2D eigenvalue weighted by atomic mass is 16.5. The molecule has 0 aliphatic carbocycles. The van der Waals surface area contributed by atoms with Crippen molar-refractivity contribution in [2.24, 2.45) is 0 Å². The number of hydrogen-bond donors (Lipinski definition) is 1. The zero-order valence-electron chi connectivity index (χ0n) is 12.8. The molecule has 0 spiro atoms. The molecular formula is C15H27N3O. The van der Waals surface area contributed by atoms with E-state index in [-0.39, 0.29) is 0 Å². The van der Waals surface area contributed by atoms with Crippen molar-refractivity contribution in [2.45, 2.75) is 45.9 Å². The predicted molar refractivity (Wildman–Crippen MR) is 79.0 cm³/mol. The van der Waals surface area contributed by atoms with Gasteiger partial charge in [-0.2, -0.15) is 0 Å². The SMILES string of the molecule is COCC(C)N(C)Cc1ccc(CNC(C)C)cn1. The van der Waals surface area contributed by atoms with E-state index in [2.05, 4.69) is 55.2 Å². The fourth-order valence-electron chi connectivity index (χ4n) is 1.76. The number of likely N-dealkylation sites (N-methyl/N-ethyl adjacent to an activating group) is 1. The van der Waals surface area contributed by atoms with Crippen LogP contribution in [-0.2, 0) is 17.8 Å². The number of rotatable bonds is 8. The second-order valence-electron chi connectivity index (χ2n) is 5.41. The molecule has 0 amide bonds. The Morgan fingerprint density at radius 2 is 2.05 bits per heavy atom. The van der Waals surface area contributed by atoms with Gasteiger partial charge in [-0.25, -0.2) is 0 Å². The number of hydrogen-bond acceptors (Lipinski definition) is 4. The van der Waals surface area contributed by atoms with Crippen LogP contribution in [0.2, 0.25) is 0 Å². The van der Waals surface area contributed by atoms with Crippen LogP contribution >= 0.6 is 0 Å². The molecule has 0 fully saturated rings. The van der Waals surface area contributed by atoms with Crippen molar-refractivity contribution in [3.8, 4) is 0 Å². The molecule has 1 rings (SSSR count). The third-order valence-electron chi connectivity index (χ3n) is 3.17. The van der Waals surface area contributed by atoms with Gasteiger partial charge in [0.05, 0.1) is 12.3 Å². The molecule has 0 bridgehead atoms. The van der Waals surface area contributed by atoms with Crippen LogP contribution in [0.4, 0.5) is 0 Å². The summed E-state index contributed by atoms with van der Waals surface area (Å²) in [6.07, 6.45) is 1.96. The van der Waals surface area contributed by atoms with Gasteiger partial charge in [0.1, 0.15) is 0 Å². The van der Waals surface area contributed by atoms with Crippen LogP contribution in [-0.4, -0.2) is 42.7 Å². The lowest BCUT2D eigenvalue weighted by Crippen LogP contribution is -2.32. The van der Waals surface area contributed by atoms with Crippen molar-refractivity contribution >= 4 is 0 Å². The molecule has 1 aromatic heterocycles. The van der Waals surface area contributed by atoms with Crippen molar-refractivity contribution in [3.63, 3.8) is 0 Å². The summed E-state index contributed by atoms with van der Waals surface area (Å²) in [5.41, 5.74) is 2.32. The van der Waals surface area contributed by atoms with Gasteiger partial charge < -0.3 is 10.1 Å². The van der Waals surface area contributed by atoms with Gasteiger partial charge in [0.2, 0.25) is 0 Å². The molecule has 0 aromatic carbocycles. The van der Waals surface area contributed by atoms with E-state index in [0.717, 1.165) is 25.4 Å². The van der Waals surface area contributed by atoms with Crippen molar-refractivity contribution in [1.29, 1.82) is 0 Å². The molecule has 0 aliphatic rings.